The summed E-state index contributed by atoms with van der Waals surface area (Å²) >= 11 is 0. The first-order valence-corrected chi connectivity index (χ1v) is 12.0. The molecule has 5 aromatic rings. The molecule has 182 valence electrons. The van der Waals surface area contributed by atoms with Gasteiger partial charge in [0.2, 0.25) is 0 Å². The summed E-state index contributed by atoms with van der Waals surface area (Å²) in [5, 5.41) is 8.67. The predicted octanol–water partition coefficient (Wildman–Crippen LogP) is 4.93. The van der Waals surface area contributed by atoms with Crippen molar-refractivity contribution in [1.29, 1.82) is 0 Å². The number of likely N-dealkylation sites (N-methyl/N-ethyl adjacent to an activating group) is 1. The molecule has 1 aliphatic heterocycles. The zero-order valence-electron chi connectivity index (χ0n) is 20.1. The molecular formula is C27H26FN7O. The molecule has 8 nitrogen and oxygen atoms in total. The zero-order chi connectivity index (χ0) is 24.6. The number of hydrogen-bond donors (Lipinski definition) is 1. The summed E-state index contributed by atoms with van der Waals surface area (Å²) in [4.78, 5) is 15.5. The molecule has 1 aliphatic rings. The second-order valence-electron chi connectivity index (χ2n) is 9.26. The van der Waals surface area contributed by atoms with Gasteiger partial charge in [-0.2, -0.15) is 5.10 Å². The SMILES string of the molecule is CN1CCC[C@H](Oc2cc(-c3cnn(C)c3)cc3ncnc(Nc4ccc5ncccc5c4F)c23)C1. The molecule has 4 heterocycles. The molecule has 0 unspecified atom stereocenters. The van der Waals surface area contributed by atoms with E-state index < -0.39 is 0 Å². The summed E-state index contributed by atoms with van der Waals surface area (Å²) in [5.41, 5.74) is 3.53. The van der Waals surface area contributed by atoms with Crippen molar-refractivity contribution in [2.75, 3.05) is 25.5 Å². The van der Waals surface area contributed by atoms with Crippen molar-refractivity contribution in [2.45, 2.75) is 18.9 Å². The lowest BCUT2D eigenvalue weighted by atomic mass is 10.0. The van der Waals surface area contributed by atoms with Crippen LogP contribution < -0.4 is 10.1 Å². The van der Waals surface area contributed by atoms with E-state index in [1.165, 1.54) is 6.33 Å². The minimum absolute atomic E-state index is 0.0348. The van der Waals surface area contributed by atoms with Crippen LogP contribution in [0, 0.1) is 5.82 Å². The van der Waals surface area contributed by atoms with Gasteiger partial charge < -0.3 is 15.0 Å². The van der Waals surface area contributed by atoms with Gasteiger partial charge in [-0.1, -0.05) is 0 Å². The number of aryl methyl sites for hydroxylation is 1. The normalized spacial score (nSPS) is 16.5. The zero-order valence-corrected chi connectivity index (χ0v) is 20.1. The van der Waals surface area contributed by atoms with Gasteiger partial charge >= 0.3 is 0 Å². The van der Waals surface area contributed by atoms with Crippen molar-refractivity contribution in [3.05, 3.63) is 67.1 Å². The summed E-state index contributed by atoms with van der Waals surface area (Å²) in [6, 6.07) is 10.9. The molecule has 0 spiro atoms. The second-order valence-corrected chi connectivity index (χ2v) is 9.26. The average molecular weight is 484 g/mol. The van der Waals surface area contributed by atoms with E-state index in [9.17, 15) is 0 Å². The van der Waals surface area contributed by atoms with E-state index in [4.69, 9.17) is 4.74 Å². The Balaban J connectivity index is 1.47. The third-order valence-corrected chi connectivity index (χ3v) is 6.59. The highest BCUT2D eigenvalue weighted by atomic mass is 19.1. The number of nitrogens with one attached hydrogen (secondary N) is 1. The van der Waals surface area contributed by atoms with Crippen LogP contribution in [0.5, 0.6) is 5.75 Å². The number of anilines is 2. The molecule has 0 saturated carbocycles. The molecule has 0 radical (unpaired) electrons. The lowest BCUT2D eigenvalue weighted by Gasteiger charge is -2.30. The number of rotatable bonds is 5. The molecule has 1 saturated heterocycles. The van der Waals surface area contributed by atoms with Crippen molar-refractivity contribution in [3.8, 4) is 16.9 Å². The van der Waals surface area contributed by atoms with Gasteiger partial charge in [0.25, 0.3) is 0 Å². The van der Waals surface area contributed by atoms with Crippen LogP contribution in [0.1, 0.15) is 12.8 Å². The van der Waals surface area contributed by atoms with E-state index in [1.807, 2.05) is 31.6 Å². The van der Waals surface area contributed by atoms with Crippen molar-refractivity contribution in [1.82, 2.24) is 29.6 Å². The van der Waals surface area contributed by atoms with Crippen LogP contribution in [0.25, 0.3) is 32.9 Å². The first-order valence-electron chi connectivity index (χ1n) is 12.0. The fraction of sp³-hybridized carbons (Fsp3) is 0.259. The number of aromatic nitrogens is 5. The Hall–Kier alpha value is -4.11. The summed E-state index contributed by atoms with van der Waals surface area (Å²) < 4.78 is 23.7. The highest BCUT2D eigenvalue weighted by Gasteiger charge is 2.22. The first kappa shape index (κ1) is 22.4. The monoisotopic (exact) mass is 483 g/mol. The summed E-state index contributed by atoms with van der Waals surface area (Å²) in [6.07, 6.45) is 8.98. The summed E-state index contributed by atoms with van der Waals surface area (Å²) in [6.45, 7) is 1.89. The van der Waals surface area contributed by atoms with Gasteiger partial charge in [-0.15, -0.1) is 0 Å². The maximum absolute atomic E-state index is 15.4. The van der Waals surface area contributed by atoms with Crippen LogP contribution in [0.15, 0.2) is 61.3 Å². The van der Waals surface area contributed by atoms with E-state index in [0.29, 0.717) is 39.1 Å². The van der Waals surface area contributed by atoms with E-state index in [2.05, 4.69) is 37.3 Å². The molecule has 9 heteroatoms. The summed E-state index contributed by atoms with van der Waals surface area (Å²) in [7, 11) is 3.99. The Kier molecular flexibility index (Phi) is 5.69. The van der Waals surface area contributed by atoms with Gasteiger partial charge in [0.1, 0.15) is 24.0 Å². The van der Waals surface area contributed by atoms with Gasteiger partial charge in [-0.25, -0.2) is 14.4 Å². The Morgan fingerprint density at radius 1 is 1.06 bits per heavy atom. The Bertz CT molecular complexity index is 1570. The molecule has 0 amide bonds. The molecule has 3 aromatic heterocycles. The number of ether oxygens (including phenoxy) is 1. The third-order valence-electron chi connectivity index (χ3n) is 6.59. The minimum atomic E-state index is -0.379. The Morgan fingerprint density at radius 2 is 1.97 bits per heavy atom. The fourth-order valence-corrected chi connectivity index (χ4v) is 4.81. The number of piperidine rings is 1. The van der Waals surface area contributed by atoms with Crippen molar-refractivity contribution in [2.24, 2.45) is 7.05 Å². The Labute approximate surface area is 207 Å². The number of fused-ring (bicyclic) bond motifs is 2. The topological polar surface area (TPSA) is 81.0 Å². The molecule has 36 heavy (non-hydrogen) atoms. The second kappa shape index (κ2) is 9.16. The van der Waals surface area contributed by atoms with Crippen LogP contribution >= 0.6 is 0 Å². The van der Waals surface area contributed by atoms with Crippen LogP contribution in [-0.4, -0.2) is 55.9 Å². The highest BCUT2D eigenvalue weighted by Crippen LogP contribution is 2.38. The summed E-state index contributed by atoms with van der Waals surface area (Å²) in [5.74, 6) is 0.771. The molecule has 1 fully saturated rings. The van der Waals surface area contributed by atoms with Gasteiger partial charge in [0, 0.05) is 36.9 Å². The van der Waals surface area contributed by atoms with Crippen LogP contribution in [-0.2, 0) is 7.05 Å². The fourth-order valence-electron chi connectivity index (χ4n) is 4.81. The molecule has 1 atom stereocenters. The maximum atomic E-state index is 15.4. The van der Waals surface area contributed by atoms with E-state index in [1.54, 1.807) is 35.1 Å². The van der Waals surface area contributed by atoms with Crippen LogP contribution in [0.4, 0.5) is 15.9 Å². The van der Waals surface area contributed by atoms with E-state index in [0.717, 1.165) is 37.1 Å². The molecule has 1 N–H and O–H groups in total. The number of nitrogens with zero attached hydrogens (tertiary/aromatic N) is 6. The molecule has 0 bridgehead atoms. The lowest BCUT2D eigenvalue weighted by molar-refractivity contribution is 0.106. The van der Waals surface area contributed by atoms with Crippen LogP contribution in [0.2, 0.25) is 0 Å². The first-order chi connectivity index (χ1) is 17.5. The average Bonchev–Trinajstić information content (AvgIpc) is 3.32. The number of benzene rings is 2. The van der Waals surface area contributed by atoms with Gasteiger partial charge in [0.15, 0.2) is 5.82 Å². The predicted molar refractivity (Wildman–Crippen MR) is 138 cm³/mol. The smallest absolute Gasteiger partial charge is 0.156 e. The van der Waals surface area contributed by atoms with Gasteiger partial charge in [-0.05, 0) is 68.4 Å². The molecular weight excluding hydrogens is 457 g/mol. The molecule has 6 rings (SSSR count). The molecule has 2 aromatic carbocycles. The minimum Gasteiger partial charge on any atom is -0.488 e. The van der Waals surface area contributed by atoms with E-state index in [-0.39, 0.29) is 11.9 Å². The maximum Gasteiger partial charge on any atom is 0.156 e. The lowest BCUT2D eigenvalue weighted by Crippen LogP contribution is -2.38. The number of pyridine rings is 1. The van der Waals surface area contributed by atoms with Crippen molar-refractivity contribution >= 4 is 33.3 Å². The number of halogens is 1. The quantitative estimate of drug-likeness (QED) is 0.379. The Morgan fingerprint density at radius 3 is 2.81 bits per heavy atom. The van der Waals surface area contributed by atoms with Gasteiger partial charge in [0.05, 0.1) is 28.3 Å². The third kappa shape index (κ3) is 4.22. The number of likely N-dealkylation sites (tertiary alicyclic amines) is 1. The standard InChI is InChI=1S/C27H26FN7O/c1-34-10-4-5-19(15-34)36-24-12-17(18-13-32-35(2)14-18)11-23-25(24)27(31-16-30-23)33-22-8-7-21-20(26(22)28)6-3-9-29-21/h3,6-9,11-14,16,19H,4-5,10,15H2,1-2H3,(H,30,31,33)/t19-/m0/s1. The van der Waals surface area contributed by atoms with E-state index >= 15 is 4.39 Å². The van der Waals surface area contributed by atoms with Gasteiger partial charge in [-0.3, -0.25) is 9.67 Å². The van der Waals surface area contributed by atoms with Crippen molar-refractivity contribution < 1.29 is 9.13 Å². The molecule has 0 aliphatic carbocycles. The van der Waals surface area contributed by atoms with Crippen LogP contribution in [0.3, 0.4) is 0 Å². The number of hydrogen-bond acceptors (Lipinski definition) is 7. The van der Waals surface area contributed by atoms with Crippen molar-refractivity contribution in [3.63, 3.8) is 0 Å². The largest absolute Gasteiger partial charge is 0.488 e. The highest BCUT2D eigenvalue weighted by molar-refractivity contribution is 5.99.